The molecule has 1 unspecified atom stereocenters. The zero-order chi connectivity index (χ0) is 19.3. The van der Waals surface area contributed by atoms with Crippen molar-refractivity contribution in [2.24, 2.45) is 10.7 Å². The van der Waals surface area contributed by atoms with Gasteiger partial charge in [-0.3, -0.25) is 4.99 Å². The first kappa shape index (κ1) is 21.5. The number of unbranched alkanes of at least 4 members (excludes halogenated alkanes) is 2. The van der Waals surface area contributed by atoms with Crippen LogP contribution in [0.15, 0.2) is 29.3 Å². The second-order valence-corrected chi connectivity index (χ2v) is 7.30. The summed E-state index contributed by atoms with van der Waals surface area (Å²) in [5.74, 6) is 1.93. The zero-order valence-corrected chi connectivity index (χ0v) is 17.3. The van der Waals surface area contributed by atoms with Crippen LogP contribution in [0.5, 0.6) is 5.75 Å². The van der Waals surface area contributed by atoms with E-state index < -0.39 is 0 Å². The number of piperidine rings is 1. The Morgan fingerprint density at radius 2 is 2.00 bits per heavy atom. The summed E-state index contributed by atoms with van der Waals surface area (Å²) in [6.07, 6.45) is 9.42. The van der Waals surface area contributed by atoms with Crippen LogP contribution in [0.3, 0.4) is 0 Å². The molecule has 5 nitrogen and oxygen atoms in total. The van der Waals surface area contributed by atoms with Gasteiger partial charge in [0.25, 0.3) is 0 Å². The van der Waals surface area contributed by atoms with E-state index in [-0.39, 0.29) is 0 Å². The van der Waals surface area contributed by atoms with Gasteiger partial charge in [0.15, 0.2) is 5.96 Å². The van der Waals surface area contributed by atoms with Crippen LogP contribution in [0, 0.1) is 0 Å². The molecule has 0 spiro atoms. The molecule has 3 N–H and O–H groups in total. The van der Waals surface area contributed by atoms with Crippen LogP contribution < -0.4 is 15.8 Å². The third-order valence-electron chi connectivity index (χ3n) is 5.12. The second-order valence-electron chi connectivity index (χ2n) is 7.30. The van der Waals surface area contributed by atoms with E-state index in [9.17, 15) is 0 Å². The average Bonchev–Trinajstić information content (AvgIpc) is 2.71. The van der Waals surface area contributed by atoms with Crippen LogP contribution in [0.2, 0.25) is 0 Å². The summed E-state index contributed by atoms with van der Waals surface area (Å²) in [4.78, 5) is 7.30. The molecule has 1 aliphatic heterocycles. The van der Waals surface area contributed by atoms with E-state index in [0.29, 0.717) is 12.6 Å². The van der Waals surface area contributed by atoms with Crippen LogP contribution in [0.4, 0.5) is 5.69 Å². The molecule has 0 bridgehead atoms. The summed E-state index contributed by atoms with van der Waals surface area (Å²) >= 11 is 0. The number of hydrogen-bond acceptors (Lipinski definition) is 3. The molecule has 0 aliphatic carbocycles. The average molecular weight is 375 g/mol. The highest BCUT2D eigenvalue weighted by atomic mass is 16.5. The first-order valence-electron chi connectivity index (χ1n) is 10.8. The summed E-state index contributed by atoms with van der Waals surface area (Å²) in [5, 5.41) is 3.56. The highest BCUT2D eigenvalue weighted by molar-refractivity contribution is 5.94. The Bertz CT molecular complexity index is 544. The number of guanidine groups is 1. The zero-order valence-electron chi connectivity index (χ0n) is 17.3. The van der Waals surface area contributed by atoms with Gasteiger partial charge in [-0.25, -0.2) is 0 Å². The Kier molecular flexibility index (Phi) is 10.1. The number of aliphatic imine (C=N–C) groups is 1. The number of likely N-dealkylation sites (tertiary alicyclic amines) is 1. The normalized spacial score (nSPS) is 17.8. The number of nitrogens with two attached hydrogens (primary N) is 1. The molecular formula is C22H38N4O. The number of rotatable bonds is 10. The van der Waals surface area contributed by atoms with Crippen molar-refractivity contribution in [2.45, 2.75) is 71.3 Å². The van der Waals surface area contributed by atoms with Crippen LogP contribution in [0.1, 0.15) is 65.2 Å². The lowest BCUT2D eigenvalue weighted by atomic mass is 10.0. The highest BCUT2D eigenvalue weighted by Crippen LogP contribution is 2.22. The molecule has 1 aliphatic rings. The van der Waals surface area contributed by atoms with E-state index in [1.165, 1.54) is 32.1 Å². The third-order valence-corrected chi connectivity index (χ3v) is 5.12. The van der Waals surface area contributed by atoms with Gasteiger partial charge in [0.2, 0.25) is 0 Å². The van der Waals surface area contributed by atoms with Gasteiger partial charge in [0, 0.05) is 24.8 Å². The quantitative estimate of drug-likeness (QED) is 0.356. The van der Waals surface area contributed by atoms with Crippen molar-refractivity contribution in [1.82, 2.24) is 4.90 Å². The van der Waals surface area contributed by atoms with Crippen molar-refractivity contribution in [2.75, 3.05) is 31.6 Å². The molecular weight excluding hydrogens is 336 g/mol. The maximum absolute atomic E-state index is 5.82. The summed E-state index contributed by atoms with van der Waals surface area (Å²) in [6, 6.07) is 8.82. The fraction of sp³-hybridized carbons (Fsp3) is 0.682. The minimum Gasteiger partial charge on any atom is -0.494 e. The Morgan fingerprint density at radius 1 is 1.19 bits per heavy atom. The number of nitrogens with zero attached hydrogens (tertiary/aromatic N) is 2. The second kappa shape index (κ2) is 12.6. The molecule has 1 saturated heterocycles. The fourth-order valence-corrected chi connectivity index (χ4v) is 3.49. The van der Waals surface area contributed by atoms with E-state index in [2.05, 4.69) is 36.2 Å². The van der Waals surface area contributed by atoms with Gasteiger partial charge in [-0.2, -0.15) is 0 Å². The largest absolute Gasteiger partial charge is 0.494 e. The number of benzene rings is 1. The van der Waals surface area contributed by atoms with Gasteiger partial charge in [0.05, 0.1) is 6.61 Å². The van der Waals surface area contributed by atoms with Gasteiger partial charge in [0.1, 0.15) is 5.75 Å². The first-order chi connectivity index (χ1) is 13.3. The predicted octanol–water partition coefficient (Wildman–Crippen LogP) is 4.64. The summed E-state index contributed by atoms with van der Waals surface area (Å²) < 4.78 is 5.82. The molecule has 152 valence electrons. The van der Waals surface area contributed by atoms with Crippen molar-refractivity contribution >= 4 is 11.6 Å². The van der Waals surface area contributed by atoms with E-state index in [4.69, 9.17) is 15.5 Å². The monoisotopic (exact) mass is 374 g/mol. The van der Waals surface area contributed by atoms with Crippen molar-refractivity contribution in [3.63, 3.8) is 0 Å². The summed E-state index contributed by atoms with van der Waals surface area (Å²) in [5.41, 5.74) is 6.72. The molecule has 0 radical (unpaired) electrons. The standard InChI is InChI=1S/C22H38N4O/c1-3-5-8-18-27-21-13-11-19(12-14-21)25-22(24-16-9-15-23)26-17-7-6-10-20(26)4-2/h11-14,20H,3-10,15-18,23H2,1-2H3,(H,24,25). The Balaban J connectivity index is 2.00. The molecule has 1 fully saturated rings. The highest BCUT2D eigenvalue weighted by Gasteiger charge is 2.24. The molecule has 1 atom stereocenters. The molecule has 2 rings (SSSR count). The number of nitrogens with one attached hydrogen (secondary N) is 1. The van der Waals surface area contributed by atoms with Gasteiger partial charge in [-0.15, -0.1) is 0 Å². The minimum absolute atomic E-state index is 0.573. The molecule has 0 aromatic heterocycles. The van der Waals surface area contributed by atoms with Gasteiger partial charge in [-0.1, -0.05) is 26.7 Å². The van der Waals surface area contributed by atoms with Crippen LogP contribution in [-0.2, 0) is 0 Å². The van der Waals surface area contributed by atoms with Crippen molar-refractivity contribution in [3.8, 4) is 5.75 Å². The molecule has 27 heavy (non-hydrogen) atoms. The van der Waals surface area contributed by atoms with Crippen molar-refractivity contribution in [3.05, 3.63) is 24.3 Å². The summed E-state index contributed by atoms with van der Waals surface area (Å²) in [6.45, 7) is 7.79. The Morgan fingerprint density at radius 3 is 2.70 bits per heavy atom. The van der Waals surface area contributed by atoms with Crippen LogP contribution in [0.25, 0.3) is 0 Å². The molecule has 1 aromatic rings. The van der Waals surface area contributed by atoms with E-state index in [0.717, 1.165) is 56.4 Å². The fourth-order valence-electron chi connectivity index (χ4n) is 3.49. The van der Waals surface area contributed by atoms with E-state index in [1.807, 2.05) is 12.1 Å². The lowest BCUT2D eigenvalue weighted by Gasteiger charge is -2.37. The number of ether oxygens (including phenoxy) is 1. The molecule has 0 saturated carbocycles. The first-order valence-corrected chi connectivity index (χ1v) is 10.8. The molecule has 1 heterocycles. The van der Waals surface area contributed by atoms with Crippen LogP contribution in [-0.4, -0.2) is 43.1 Å². The van der Waals surface area contributed by atoms with E-state index >= 15 is 0 Å². The lowest BCUT2D eigenvalue weighted by molar-refractivity contribution is 0.234. The topological polar surface area (TPSA) is 62.9 Å². The summed E-state index contributed by atoms with van der Waals surface area (Å²) in [7, 11) is 0. The third kappa shape index (κ3) is 7.41. The van der Waals surface area contributed by atoms with Crippen molar-refractivity contribution < 1.29 is 4.74 Å². The SMILES string of the molecule is CCCCCOc1ccc(NC(=NCCCN)N2CCCCC2CC)cc1. The Labute approximate surface area is 165 Å². The maximum atomic E-state index is 5.82. The Hall–Kier alpha value is -1.75. The molecule has 5 heteroatoms. The maximum Gasteiger partial charge on any atom is 0.198 e. The minimum atomic E-state index is 0.573. The van der Waals surface area contributed by atoms with Gasteiger partial charge in [-0.05, 0) is 69.3 Å². The van der Waals surface area contributed by atoms with Gasteiger partial charge < -0.3 is 20.7 Å². The lowest BCUT2D eigenvalue weighted by Crippen LogP contribution is -2.46. The molecule has 0 amide bonds. The van der Waals surface area contributed by atoms with Gasteiger partial charge >= 0.3 is 0 Å². The number of anilines is 1. The predicted molar refractivity (Wildman–Crippen MR) is 116 cm³/mol. The van der Waals surface area contributed by atoms with Crippen LogP contribution >= 0.6 is 0 Å². The smallest absolute Gasteiger partial charge is 0.198 e. The van der Waals surface area contributed by atoms with Crippen molar-refractivity contribution in [1.29, 1.82) is 0 Å². The number of hydrogen-bond donors (Lipinski definition) is 2. The van der Waals surface area contributed by atoms with E-state index in [1.54, 1.807) is 0 Å². The molecule has 1 aromatic carbocycles.